The van der Waals surface area contributed by atoms with Gasteiger partial charge in [0.1, 0.15) is 0 Å². The number of nitrogens with one attached hydrogen (secondary N) is 1. The molecule has 0 bridgehead atoms. The van der Waals surface area contributed by atoms with Crippen molar-refractivity contribution in [1.29, 1.82) is 0 Å². The van der Waals surface area contributed by atoms with Gasteiger partial charge in [0.2, 0.25) is 0 Å². The van der Waals surface area contributed by atoms with Crippen molar-refractivity contribution in [3.63, 3.8) is 0 Å². The van der Waals surface area contributed by atoms with Crippen LogP contribution in [0, 0.1) is 12.8 Å². The van der Waals surface area contributed by atoms with Crippen LogP contribution in [-0.2, 0) is 6.54 Å². The molecule has 1 N–H and O–H groups in total. The summed E-state index contributed by atoms with van der Waals surface area (Å²) in [4.78, 5) is 0. The van der Waals surface area contributed by atoms with Crippen LogP contribution in [0.25, 0.3) is 0 Å². The average molecular weight is 288 g/mol. The number of hydrogen-bond acceptors (Lipinski definition) is 1. The molecule has 2 rings (SSSR count). The second-order valence-corrected chi connectivity index (χ2v) is 6.00. The fraction of sp³-hybridized carbons (Fsp3) is 0.333. The Morgan fingerprint density at radius 2 is 1.75 bits per heavy atom. The molecule has 0 saturated heterocycles. The highest BCUT2D eigenvalue weighted by Gasteiger charge is 2.14. The zero-order valence-corrected chi connectivity index (χ0v) is 13.1. The summed E-state index contributed by atoms with van der Waals surface area (Å²) in [7, 11) is 0. The standard InChI is InChI=1S/C18H22ClN/c1-13(2)18(16-7-5-4-6-8-16)20-12-15-10-9-14(3)17(19)11-15/h4-11,13,18,20H,12H2,1-3H3. The van der Waals surface area contributed by atoms with Gasteiger partial charge in [-0.1, -0.05) is 67.9 Å². The Kier molecular flexibility index (Phi) is 5.22. The number of rotatable bonds is 5. The summed E-state index contributed by atoms with van der Waals surface area (Å²) in [6, 6.07) is 17.2. The Hall–Kier alpha value is -1.31. The van der Waals surface area contributed by atoms with E-state index in [2.05, 4.69) is 61.6 Å². The van der Waals surface area contributed by atoms with Gasteiger partial charge < -0.3 is 5.32 Å². The van der Waals surface area contributed by atoms with E-state index in [-0.39, 0.29) is 0 Å². The van der Waals surface area contributed by atoms with Gasteiger partial charge >= 0.3 is 0 Å². The largest absolute Gasteiger partial charge is 0.306 e. The fourth-order valence-corrected chi connectivity index (χ4v) is 2.58. The van der Waals surface area contributed by atoms with Crippen LogP contribution < -0.4 is 5.32 Å². The summed E-state index contributed by atoms with van der Waals surface area (Å²) in [5.41, 5.74) is 3.68. The lowest BCUT2D eigenvalue weighted by Gasteiger charge is -2.23. The minimum atomic E-state index is 0.358. The third kappa shape index (κ3) is 3.84. The smallest absolute Gasteiger partial charge is 0.0438 e. The van der Waals surface area contributed by atoms with Crippen molar-refractivity contribution < 1.29 is 0 Å². The second kappa shape index (κ2) is 6.92. The Morgan fingerprint density at radius 1 is 1.05 bits per heavy atom. The SMILES string of the molecule is Cc1ccc(CNC(c2ccccc2)C(C)C)cc1Cl. The van der Waals surface area contributed by atoms with E-state index in [1.165, 1.54) is 11.1 Å². The predicted octanol–water partition coefficient (Wildman–Crippen LogP) is 5.14. The first-order valence-electron chi connectivity index (χ1n) is 7.11. The number of halogens is 1. The second-order valence-electron chi connectivity index (χ2n) is 5.60. The normalized spacial score (nSPS) is 12.7. The molecular formula is C18H22ClN. The molecule has 2 aromatic rings. The fourth-order valence-electron chi connectivity index (χ4n) is 2.37. The first-order valence-corrected chi connectivity index (χ1v) is 7.49. The first kappa shape index (κ1) is 15.1. The van der Waals surface area contributed by atoms with E-state index in [0.29, 0.717) is 12.0 Å². The van der Waals surface area contributed by atoms with Crippen LogP contribution in [0.3, 0.4) is 0 Å². The third-order valence-corrected chi connectivity index (χ3v) is 3.99. The van der Waals surface area contributed by atoms with E-state index >= 15 is 0 Å². The zero-order chi connectivity index (χ0) is 14.5. The summed E-state index contributed by atoms with van der Waals surface area (Å²) < 4.78 is 0. The molecular weight excluding hydrogens is 266 g/mol. The van der Waals surface area contributed by atoms with Gasteiger partial charge in [-0.25, -0.2) is 0 Å². The molecule has 2 heteroatoms. The van der Waals surface area contributed by atoms with Gasteiger partial charge in [-0.15, -0.1) is 0 Å². The number of benzene rings is 2. The molecule has 20 heavy (non-hydrogen) atoms. The Morgan fingerprint density at radius 3 is 2.35 bits per heavy atom. The van der Waals surface area contributed by atoms with Gasteiger partial charge in [-0.2, -0.15) is 0 Å². The van der Waals surface area contributed by atoms with Crippen molar-refractivity contribution in [1.82, 2.24) is 5.32 Å². The summed E-state index contributed by atoms with van der Waals surface area (Å²) in [6.45, 7) is 7.34. The third-order valence-electron chi connectivity index (χ3n) is 3.59. The van der Waals surface area contributed by atoms with Gasteiger partial charge in [0, 0.05) is 17.6 Å². The van der Waals surface area contributed by atoms with Crippen LogP contribution in [0.2, 0.25) is 5.02 Å². The maximum Gasteiger partial charge on any atom is 0.0438 e. The van der Waals surface area contributed by atoms with Crippen molar-refractivity contribution in [3.05, 3.63) is 70.2 Å². The van der Waals surface area contributed by atoms with Crippen molar-refractivity contribution in [2.24, 2.45) is 5.92 Å². The van der Waals surface area contributed by atoms with Gasteiger partial charge in [-0.3, -0.25) is 0 Å². The van der Waals surface area contributed by atoms with Gasteiger partial charge in [0.15, 0.2) is 0 Å². The molecule has 0 aliphatic rings. The van der Waals surface area contributed by atoms with E-state index in [1.54, 1.807) is 0 Å². The average Bonchev–Trinajstić information content (AvgIpc) is 2.44. The van der Waals surface area contributed by atoms with E-state index in [0.717, 1.165) is 17.1 Å². The molecule has 0 amide bonds. The highest BCUT2D eigenvalue weighted by atomic mass is 35.5. The number of aryl methyl sites for hydroxylation is 1. The Balaban J connectivity index is 2.08. The minimum absolute atomic E-state index is 0.358. The monoisotopic (exact) mass is 287 g/mol. The van der Waals surface area contributed by atoms with E-state index in [1.807, 2.05) is 13.0 Å². The quantitative estimate of drug-likeness (QED) is 0.803. The van der Waals surface area contributed by atoms with Crippen molar-refractivity contribution in [2.45, 2.75) is 33.4 Å². The topological polar surface area (TPSA) is 12.0 Å². The van der Waals surface area contributed by atoms with E-state index < -0.39 is 0 Å². The number of hydrogen-bond donors (Lipinski definition) is 1. The van der Waals surface area contributed by atoms with Gasteiger partial charge in [-0.05, 0) is 35.6 Å². The molecule has 0 fully saturated rings. The lowest BCUT2D eigenvalue weighted by molar-refractivity contribution is 0.410. The van der Waals surface area contributed by atoms with Crippen LogP contribution in [0.15, 0.2) is 48.5 Å². The molecule has 1 atom stereocenters. The molecule has 0 aliphatic heterocycles. The predicted molar refractivity (Wildman–Crippen MR) is 87.0 cm³/mol. The van der Waals surface area contributed by atoms with Crippen LogP contribution in [0.5, 0.6) is 0 Å². The zero-order valence-electron chi connectivity index (χ0n) is 12.4. The van der Waals surface area contributed by atoms with Crippen LogP contribution in [0.1, 0.15) is 36.6 Å². The maximum atomic E-state index is 6.18. The van der Waals surface area contributed by atoms with Crippen LogP contribution in [-0.4, -0.2) is 0 Å². The molecule has 0 aliphatic carbocycles. The minimum Gasteiger partial charge on any atom is -0.306 e. The summed E-state index contributed by atoms with van der Waals surface area (Å²) in [6.07, 6.45) is 0. The van der Waals surface area contributed by atoms with Crippen molar-refractivity contribution >= 4 is 11.6 Å². The van der Waals surface area contributed by atoms with E-state index in [9.17, 15) is 0 Å². The highest BCUT2D eigenvalue weighted by molar-refractivity contribution is 6.31. The van der Waals surface area contributed by atoms with Gasteiger partial charge in [0.25, 0.3) is 0 Å². The van der Waals surface area contributed by atoms with Crippen molar-refractivity contribution in [2.75, 3.05) is 0 Å². The summed E-state index contributed by atoms with van der Waals surface area (Å²) >= 11 is 6.18. The molecule has 0 saturated carbocycles. The first-order chi connectivity index (χ1) is 9.58. The Labute approximate surface area is 127 Å². The van der Waals surface area contributed by atoms with Crippen LogP contribution >= 0.6 is 11.6 Å². The lowest BCUT2D eigenvalue weighted by atomic mass is 9.96. The molecule has 1 unspecified atom stereocenters. The molecule has 106 valence electrons. The molecule has 2 aromatic carbocycles. The summed E-state index contributed by atoms with van der Waals surface area (Å²) in [5.74, 6) is 0.540. The lowest BCUT2D eigenvalue weighted by Crippen LogP contribution is -2.25. The maximum absolute atomic E-state index is 6.18. The summed E-state index contributed by atoms with van der Waals surface area (Å²) in [5, 5.41) is 4.48. The van der Waals surface area contributed by atoms with Crippen LogP contribution in [0.4, 0.5) is 0 Å². The molecule has 0 heterocycles. The van der Waals surface area contributed by atoms with Gasteiger partial charge in [0.05, 0.1) is 0 Å². The van der Waals surface area contributed by atoms with E-state index in [4.69, 9.17) is 11.6 Å². The highest BCUT2D eigenvalue weighted by Crippen LogP contribution is 2.23. The molecule has 0 aromatic heterocycles. The molecule has 1 nitrogen and oxygen atoms in total. The molecule has 0 spiro atoms. The Bertz CT molecular complexity index is 549. The van der Waals surface area contributed by atoms with Crippen molar-refractivity contribution in [3.8, 4) is 0 Å². The molecule has 0 radical (unpaired) electrons.